The van der Waals surface area contributed by atoms with Crippen LogP contribution < -0.4 is 0 Å². The van der Waals surface area contributed by atoms with Crippen LogP contribution in [0.3, 0.4) is 0 Å². The molecule has 0 amide bonds. The van der Waals surface area contributed by atoms with Gasteiger partial charge in [-0.1, -0.05) is 54.6 Å². The van der Waals surface area contributed by atoms with E-state index < -0.39 is 26.7 Å². The van der Waals surface area contributed by atoms with Gasteiger partial charge in [0.05, 0.1) is 21.5 Å². The number of rotatable bonds is 4. The molecule has 1 heterocycles. The summed E-state index contributed by atoms with van der Waals surface area (Å²) in [6.07, 6.45) is -1.43. The lowest BCUT2D eigenvalue weighted by Gasteiger charge is -2.12. The van der Waals surface area contributed by atoms with Gasteiger partial charge in [0.1, 0.15) is 5.82 Å². The molecule has 1 aromatic heterocycles. The van der Waals surface area contributed by atoms with Crippen molar-refractivity contribution in [2.75, 3.05) is 0 Å². The van der Waals surface area contributed by atoms with Crippen molar-refractivity contribution in [1.29, 1.82) is 0 Å². The van der Waals surface area contributed by atoms with Gasteiger partial charge in [0, 0.05) is 0 Å². The van der Waals surface area contributed by atoms with E-state index in [1.807, 2.05) is 30.3 Å². The van der Waals surface area contributed by atoms with Crippen LogP contribution in [0.15, 0.2) is 83.8 Å². The first-order chi connectivity index (χ1) is 14.3. The zero-order valence-electron chi connectivity index (χ0n) is 15.4. The second-order valence-electron chi connectivity index (χ2n) is 6.50. The zero-order chi connectivity index (χ0) is 21.4. The minimum atomic E-state index is -4.65. The van der Waals surface area contributed by atoms with Crippen molar-refractivity contribution in [1.82, 2.24) is 8.96 Å². The molecule has 8 heteroatoms. The fourth-order valence-corrected chi connectivity index (χ4v) is 4.55. The zero-order valence-corrected chi connectivity index (χ0v) is 16.2. The fourth-order valence-electron chi connectivity index (χ4n) is 3.05. The molecule has 0 bridgehead atoms. The maximum atomic E-state index is 13.3. The highest BCUT2D eigenvalue weighted by Gasteiger charge is 2.32. The Morgan fingerprint density at radius 3 is 2.27 bits per heavy atom. The lowest BCUT2D eigenvalue weighted by atomic mass is 10.2. The van der Waals surface area contributed by atoms with E-state index in [0.717, 1.165) is 27.7 Å². The largest absolute Gasteiger partial charge is 0.416 e. The highest BCUT2D eigenvalue weighted by Crippen LogP contribution is 2.32. The molecule has 30 heavy (non-hydrogen) atoms. The van der Waals surface area contributed by atoms with Gasteiger partial charge in [-0.25, -0.2) is 17.4 Å². The summed E-state index contributed by atoms with van der Waals surface area (Å²) < 4.78 is 67.0. The van der Waals surface area contributed by atoms with Crippen molar-refractivity contribution in [2.24, 2.45) is 0 Å². The first-order valence-corrected chi connectivity index (χ1v) is 10.3. The van der Waals surface area contributed by atoms with Gasteiger partial charge in [-0.05, 0) is 42.0 Å². The van der Waals surface area contributed by atoms with E-state index in [1.54, 1.807) is 30.3 Å². The molecular weight excluding hydrogens is 413 g/mol. The molecule has 0 aliphatic heterocycles. The van der Waals surface area contributed by atoms with Gasteiger partial charge in [0.25, 0.3) is 10.0 Å². The van der Waals surface area contributed by atoms with Crippen LogP contribution in [-0.2, 0) is 16.2 Å². The Morgan fingerprint density at radius 2 is 1.53 bits per heavy atom. The third-order valence-electron chi connectivity index (χ3n) is 4.47. The van der Waals surface area contributed by atoms with Crippen molar-refractivity contribution in [3.63, 3.8) is 0 Å². The quantitative estimate of drug-likeness (QED) is 0.434. The smallest absolute Gasteiger partial charge is 0.228 e. The van der Waals surface area contributed by atoms with E-state index in [9.17, 15) is 21.6 Å². The SMILES string of the molecule is O=S(=O)(c1cccc(C(F)(F)F)c1)n1c(/C=C/c2ccccc2)nc2ccccc21. The molecular formula is C22H15F3N2O2S. The number of fused-ring (bicyclic) bond motifs is 1. The molecule has 4 aromatic rings. The number of halogens is 3. The van der Waals surface area contributed by atoms with Crippen molar-refractivity contribution < 1.29 is 21.6 Å². The Hall–Kier alpha value is -3.39. The fraction of sp³-hybridized carbons (Fsp3) is 0.0455. The second-order valence-corrected chi connectivity index (χ2v) is 8.28. The average molecular weight is 428 g/mol. The molecule has 3 aromatic carbocycles. The Morgan fingerprint density at radius 1 is 0.833 bits per heavy atom. The Kier molecular flexibility index (Phi) is 4.95. The van der Waals surface area contributed by atoms with Gasteiger partial charge < -0.3 is 0 Å². The van der Waals surface area contributed by atoms with Crippen LogP contribution in [0.1, 0.15) is 17.0 Å². The maximum absolute atomic E-state index is 13.3. The average Bonchev–Trinajstić information content (AvgIpc) is 3.12. The normalized spacial score (nSPS) is 12.6. The number of alkyl halides is 3. The molecule has 0 saturated heterocycles. The lowest BCUT2D eigenvalue weighted by molar-refractivity contribution is -0.137. The van der Waals surface area contributed by atoms with Gasteiger partial charge in [0.2, 0.25) is 0 Å². The molecule has 152 valence electrons. The predicted octanol–water partition coefficient (Wildman–Crippen LogP) is 5.46. The monoisotopic (exact) mass is 428 g/mol. The first kappa shape index (κ1) is 19.9. The number of benzene rings is 3. The minimum Gasteiger partial charge on any atom is -0.228 e. The number of imidazole rings is 1. The Bertz CT molecular complexity index is 1340. The minimum absolute atomic E-state index is 0.0949. The number of aromatic nitrogens is 2. The third-order valence-corrected chi connectivity index (χ3v) is 6.18. The number of hydrogen-bond acceptors (Lipinski definition) is 3. The summed E-state index contributed by atoms with van der Waals surface area (Å²) >= 11 is 0. The van der Waals surface area contributed by atoms with Crippen LogP contribution in [0.4, 0.5) is 13.2 Å². The second kappa shape index (κ2) is 7.46. The summed E-state index contributed by atoms with van der Waals surface area (Å²) in [6, 6.07) is 19.5. The van der Waals surface area contributed by atoms with Crippen LogP contribution in [0.25, 0.3) is 23.2 Å². The molecule has 0 aliphatic carbocycles. The lowest BCUT2D eigenvalue weighted by Crippen LogP contribution is -2.16. The summed E-state index contributed by atoms with van der Waals surface area (Å²) in [4.78, 5) is 3.90. The van der Waals surface area contributed by atoms with Gasteiger partial charge in [0.15, 0.2) is 0 Å². The highest BCUT2D eigenvalue weighted by atomic mass is 32.2. The van der Waals surface area contributed by atoms with Gasteiger partial charge in [-0.2, -0.15) is 13.2 Å². The molecule has 0 aliphatic rings. The molecule has 0 fully saturated rings. The van der Waals surface area contributed by atoms with E-state index >= 15 is 0 Å². The van der Waals surface area contributed by atoms with Gasteiger partial charge in [-0.15, -0.1) is 0 Å². The van der Waals surface area contributed by atoms with Crippen LogP contribution in [0, 0.1) is 0 Å². The maximum Gasteiger partial charge on any atom is 0.416 e. The predicted molar refractivity (Wildman–Crippen MR) is 109 cm³/mol. The van der Waals surface area contributed by atoms with Crippen molar-refractivity contribution in [3.8, 4) is 0 Å². The topological polar surface area (TPSA) is 52.0 Å². The molecule has 0 unspecified atom stereocenters. The summed E-state index contributed by atoms with van der Waals surface area (Å²) in [6.45, 7) is 0. The summed E-state index contributed by atoms with van der Waals surface area (Å²) in [5, 5.41) is 0. The molecule has 0 saturated carbocycles. The number of para-hydroxylation sites is 2. The van der Waals surface area contributed by atoms with E-state index in [1.165, 1.54) is 6.08 Å². The first-order valence-electron chi connectivity index (χ1n) is 8.90. The molecule has 0 spiro atoms. The van der Waals surface area contributed by atoms with Gasteiger partial charge in [-0.3, -0.25) is 0 Å². The number of hydrogen-bond donors (Lipinski definition) is 0. The molecule has 0 atom stereocenters. The highest BCUT2D eigenvalue weighted by molar-refractivity contribution is 7.90. The van der Waals surface area contributed by atoms with Crippen LogP contribution in [0.2, 0.25) is 0 Å². The molecule has 0 N–H and O–H groups in total. The van der Waals surface area contributed by atoms with Crippen molar-refractivity contribution in [2.45, 2.75) is 11.1 Å². The van der Waals surface area contributed by atoms with E-state index in [0.29, 0.717) is 11.6 Å². The summed E-state index contributed by atoms with van der Waals surface area (Å²) in [7, 11) is -4.34. The van der Waals surface area contributed by atoms with Crippen molar-refractivity contribution >= 4 is 33.2 Å². The Balaban J connectivity index is 1.90. The van der Waals surface area contributed by atoms with Crippen LogP contribution in [0.5, 0.6) is 0 Å². The third kappa shape index (κ3) is 3.73. The van der Waals surface area contributed by atoms with Gasteiger partial charge >= 0.3 is 6.18 Å². The molecule has 4 nitrogen and oxygen atoms in total. The molecule has 4 rings (SSSR count). The van der Waals surface area contributed by atoms with E-state index in [-0.39, 0.29) is 11.3 Å². The van der Waals surface area contributed by atoms with E-state index in [4.69, 9.17) is 0 Å². The van der Waals surface area contributed by atoms with Crippen molar-refractivity contribution in [3.05, 3.63) is 95.8 Å². The van der Waals surface area contributed by atoms with Crippen LogP contribution in [-0.4, -0.2) is 17.4 Å². The molecule has 0 radical (unpaired) electrons. The van der Waals surface area contributed by atoms with Crippen LogP contribution >= 0.6 is 0 Å². The number of nitrogens with zero attached hydrogens (tertiary/aromatic N) is 2. The summed E-state index contributed by atoms with van der Waals surface area (Å²) in [5.74, 6) is 0.0949. The summed E-state index contributed by atoms with van der Waals surface area (Å²) in [5.41, 5.74) is 0.491. The Labute approximate surface area is 171 Å². The van der Waals surface area contributed by atoms with E-state index in [2.05, 4.69) is 4.98 Å². The standard InChI is InChI=1S/C22H15F3N2O2S/c23-22(24,25)17-9-6-10-18(15-17)30(28,29)27-20-12-5-4-11-19(20)26-21(27)14-13-16-7-2-1-3-8-16/h1-15H/b14-13+.